The van der Waals surface area contributed by atoms with Crippen molar-refractivity contribution in [2.75, 3.05) is 0 Å². The van der Waals surface area contributed by atoms with Gasteiger partial charge in [-0.05, 0) is 26.0 Å². The summed E-state index contributed by atoms with van der Waals surface area (Å²) in [6.07, 6.45) is 1.87. The van der Waals surface area contributed by atoms with E-state index in [1.54, 1.807) is 4.68 Å². The maximum atomic E-state index is 6.01. The van der Waals surface area contributed by atoms with Gasteiger partial charge in [0.15, 0.2) is 0 Å². The molecule has 0 radical (unpaired) electrons. The van der Waals surface area contributed by atoms with Crippen LogP contribution >= 0.6 is 0 Å². The Bertz CT molecular complexity index is 739. The molecule has 0 saturated carbocycles. The Morgan fingerprint density at radius 3 is 2.70 bits per heavy atom. The summed E-state index contributed by atoms with van der Waals surface area (Å²) >= 11 is 0. The summed E-state index contributed by atoms with van der Waals surface area (Å²) in [5, 5.41) is 9.35. The number of hydrogen-bond acceptors (Lipinski definition) is 4. The van der Waals surface area contributed by atoms with Crippen molar-refractivity contribution in [1.29, 1.82) is 0 Å². The van der Waals surface area contributed by atoms with E-state index in [0.29, 0.717) is 6.54 Å². The standard InChI is InChI=1S/C15H17N5/c1-15(2,16)14-10-20(19-18-14)9-12-8-7-11-5-3-4-6-13(11)17-12/h3-8,10H,9,16H2,1-2H3. The average molecular weight is 267 g/mol. The molecule has 0 amide bonds. The van der Waals surface area contributed by atoms with E-state index in [-0.39, 0.29) is 0 Å². The molecule has 1 aromatic carbocycles. The van der Waals surface area contributed by atoms with Crippen molar-refractivity contribution >= 4 is 10.9 Å². The van der Waals surface area contributed by atoms with Gasteiger partial charge in [-0.15, -0.1) is 5.10 Å². The van der Waals surface area contributed by atoms with E-state index in [0.717, 1.165) is 22.3 Å². The van der Waals surface area contributed by atoms with Gasteiger partial charge in [-0.3, -0.25) is 4.98 Å². The van der Waals surface area contributed by atoms with Crippen LogP contribution in [-0.4, -0.2) is 20.0 Å². The minimum absolute atomic E-state index is 0.477. The van der Waals surface area contributed by atoms with Crippen molar-refractivity contribution in [3.05, 3.63) is 54.0 Å². The van der Waals surface area contributed by atoms with Gasteiger partial charge in [0.05, 0.1) is 29.5 Å². The zero-order valence-corrected chi connectivity index (χ0v) is 11.6. The van der Waals surface area contributed by atoms with Crippen molar-refractivity contribution in [1.82, 2.24) is 20.0 Å². The van der Waals surface area contributed by atoms with Crippen LogP contribution in [0.5, 0.6) is 0 Å². The lowest BCUT2D eigenvalue weighted by molar-refractivity contribution is 0.533. The van der Waals surface area contributed by atoms with Crippen LogP contribution in [0, 0.1) is 0 Å². The highest BCUT2D eigenvalue weighted by molar-refractivity contribution is 5.78. The fourth-order valence-electron chi connectivity index (χ4n) is 2.03. The molecule has 0 atom stereocenters. The van der Waals surface area contributed by atoms with Gasteiger partial charge in [-0.1, -0.05) is 29.5 Å². The van der Waals surface area contributed by atoms with Gasteiger partial charge in [0, 0.05) is 5.39 Å². The van der Waals surface area contributed by atoms with Gasteiger partial charge in [0.1, 0.15) is 5.69 Å². The van der Waals surface area contributed by atoms with Gasteiger partial charge in [-0.25, -0.2) is 4.68 Å². The largest absolute Gasteiger partial charge is 0.320 e. The summed E-state index contributed by atoms with van der Waals surface area (Å²) in [5.74, 6) is 0. The Kier molecular flexibility index (Phi) is 2.99. The van der Waals surface area contributed by atoms with Crippen LogP contribution in [-0.2, 0) is 12.1 Å². The van der Waals surface area contributed by atoms with Crippen LogP contribution < -0.4 is 5.73 Å². The molecule has 0 unspecified atom stereocenters. The number of aromatic nitrogens is 4. The van der Waals surface area contributed by atoms with Crippen molar-refractivity contribution in [3.8, 4) is 0 Å². The van der Waals surface area contributed by atoms with Crippen LogP contribution in [0.15, 0.2) is 42.6 Å². The van der Waals surface area contributed by atoms with Crippen LogP contribution in [0.3, 0.4) is 0 Å². The zero-order valence-electron chi connectivity index (χ0n) is 11.6. The maximum Gasteiger partial charge on any atom is 0.102 e. The highest BCUT2D eigenvalue weighted by atomic mass is 15.4. The topological polar surface area (TPSA) is 69.6 Å². The molecule has 5 nitrogen and oxygen atoms in total. The minimum atomic E-state index is -0.477. The first-order valence-corrected chi connectivity index (χ1v) is 6.56. The molecule has 0 spiro atoms. The number of hydrogen-bond donors (Lipinski definition) is 1. The lowest BCUT2D eigenvalue weighted by atomic mass is 10.0. The summed E-state index contributed by atoms with van der Waals surface area (Å²) < 4.78 is 1.76. The third-order valence-corrected chi connectivity index (χ3v) is 3.18. The second-order valence-electron chi connectivity index (χ2n) is 5.52. The maximum absolute atomic E-state index is 6.01. The van der Waals surface area contributed by atoms with Crippen molar-refractivity contribution in [3.63, 3.8) is 0 Å². The van der Waals surface area contributed by atoms with Crippen LogP contribution in [0.2, 0.25) is 0 Å². The summed E-state index contributed by atoms with van der Waals surface area (Å²) in [6.45, 7) is 4.42. The van der Waals surface area contributed by atoms with E-state index in [1.165, 1.54) is 0 Å². The van der Waals surface area contributed by atoms with E-state index in [4.69, 9.17) is 5.73 Å². The number of benzene rings is 1. The van der Waals surface area contributed by atoms with E-state index in [9.17, 15) is 0 Å². The third kappa shape index (κ3) is 2.53. The van der Waals surface area contributed by atoms with Gasteiger partial charge in [0.2, 0.25) is 0 Å². The fourth-order valence-corrected chi connectivity index (χ4v) is 2.03. The summed E-state index contributed by atoms with van der Waals surface area (Å²) in [6, 6.07) is 12.1. The molecular formula is C15H17N5. The monoisotopic (exact) mass is 267 g/mol. The highest BCUT2D eigenvalue weighted by Gasteiger charge is 2.18. The second kappa shape index (κ2) is 4.68. The predicted octanol–water partition coefficient (Wildman–Crippen LogP) is 2.07. The van der Waals surface area contributed by atoms with Gasteiger partial charge < -0.3 is 5.73 Å². The molecule has 0 saturated heterocycles. The lowest BCUT2D eigenvalue weighted by Crippen LogP contribution is -2.29. The molecule has 0 bridgehead atoms. The quantitative estimate of drug-likeness (QED) is 0.788. The van der Waals surface area contributed by atoms with Crippen LogP contribution in [0.4, 0.5) is 0 Å². The smallest absolute Gasteiger partial charge is 0.102 e. The molecule has 2 heterocycles. The number of fused-ring (bicyclic) bond motifs is 1. The van der Waals surface area contributed by atoms with Crippen molar-refractivity contribution in [2.24, 2.45) is 5.73 Å². The Balaban J connectivity index is 1.87. The Morgan fingerprint density at radius 1 is 1.15 bits per heavy atom. The molecule has 3 aromatic rings. The lowest BCUT2D eigenvalue weighted by Gasteiger charge is -2.13. The normalized spacial score (nSPS) is 11.9. The third-order valence-electron chi connectivity index (χ3n) is 3.18. The Labute approximate surface area is 117 Å². The summed E-state index contributed by atoms with van der Waals surface area (Å²) in [7, 11) is 0. The fraction of sp³-hybridized carbons (Fsp3) is 0.267. The number of nitrogens with zero attached hydrogens (tertiary/aromatic N) is 4. The Morgan fingerprint density at radius 2 is 1.95 bits per heavy atom. The van der Waals surface area contributed by atoms with E-state index in [2.05, 4.69) is 27.4 Å². The molecule has 2 aromatic heterocycles. The predicted molar refractivity (Wildman–Crippen MR) is 78.1 cm³/mol. The average Bonchev–Trinajstić information content (AvgIpc) is 2.87. The molecule has 102 valence electrons. The summed E-state index contributed by atoms with van der Waals surface area (Å²) in [4.78, 5) is 4.62. The van der Waals surface area contributed by atoms with E-state index in [1.807, 2.05) is 44.3 Å². The van der Waals surface area contributed by atoms with Gasteiger partial charge >= 0.3 is 0 Å². The first-order valence-electron chi connectivity index (χ1n) is 6.56. The Hall–Kier alpha value is -2.27. The van der Waals surface area contributed by atoms with Crippen molar-refractivity contribution < 1.29 is 0 Å². The van der Waals surface area contributed by atoms with E-state index < -0.39 is 5.54 Å². The van der Waals surface area contributed by atoms with Gasteiger partial charge in [0.25, 0.3) is 0 Å². The molecule has 3 rings (SSSR count). The van der Waals surface area contributed by atoms with Crippen LogP contribution in [0.1, 0.15) is 25.2 Å². The molecule has 20 heavy (non-hydrogen) atoms. The van der Waals surface area contributed by atoms with Gasteiger partial charge in [-0.2, -0.15) is 0 Å². The number of pyridine rings is 1. The van der Waals surface area contributed by atoms with Crippen molar-refractivity contribution in [2.45, 2.75) is 25.9 Å². The minimum Gasteiger partial charge on any atom is -0.320 e. The molecular weight excluding hydrogens is 250 g/mol. The molecule has 2 N–H and O–H groups in total. The van der Waals surface area contributed by atoms with Crippen LogP contribution in [0.25, 0.3) is 10.9 Å². The van der Waals surface area contributed by atoms with E-state index >= 15 is 0 Å². The zero-order chi connectivity index (χ0) is 14.2. The first-order chi connectivity index (χ1) is 9.52. The molecule has 0 aliphatic rings. The first kappa shape index (κ1) is 12.7. The highest BCUT2D eigenvalue weighted by Crippen LogP contribution is 2.15. The number of rotatable bonds is 3. The molecule has 5 heteroatoms. The number of para-hydroxylation sites is 1. The SMILES string of the molecule is CC(C)(N)c1cn(Cc2ccc3ccccc3n2)nn1. The summed E-state index contributed by atoms with van der Waals surface area (Å²) in [5.41, 5.74) is 8.25. The second-order valence-corrected chi connectivity index (χ2v) is 5.52. The molecule has 0 fully saturated rings. The number of nitrogens with two attached hydrogens (primary N) is 1. The molecule has 0 aliphatic heterocycles. The molecule has 0 aliphatic carbocycles.